The van der Waals surface area contributed by atoms with Crippen LogP contribution < -0.4 is 21.1 Å². The monoisotopic (exact) mass is 623 g/mol. The van der Waals surface area contributed by atoms with Crippen LogP contribution in [0.25, 0.3) is 0 Å². The molecule has 9 nitrogen and oxygen atoms in total. The molecule has 41 heavy (non-hydrogen) atoms. The van der Waals surface area contributed by atoms with E-state index in [0.717, 1.165) is 23.4 Å². The lowest BCUT2D eigenvalue weighted by Gasteiger charge is -2.40. The summed E-state index contributed by atoms with van der Waals surface area (Å²) in [5.41, 5.74) is 5.89. The quantitative estimate of drug-likeness (QED) is 0.118. The van der Waals surface area contributed by atoms with Crippen LogP contribution in [0.4, 0.5) is 19.4 Å². The lowest BCUT2D eigenvalue weighted by Crippen LogP contribution is -2.50. The van der Waals surface area contributed by atoms with Crippen molar-refractivity contribution < 1.29 is 38.5 Å². The number of benzene rings is 1. The molecule has 0 bridgehead atoms. The van der Waals surface area contributed by atoms with E-state index in [0.29, 0.717) is 12.0 Å². The number of nitrogens with zero attached hydrogens (tertiary/aromatic N) is 1. The second kappa shape index (κ2) is 10.2. The highest BCUT2D eigenvalue weighted by Crippen LogP contribution is 3.02. The van der Waals surface area contributed by atoms with Gasteiger partial charge in [0.25, 0.3) is 0 Å². The molecule has 5 N–H and O–H groups in total. The number of carbonyl (C=O) groups is 3. The van der Waals surface area contributed by atoms with Crippen LogP contribution in [-0.2, 0) is 20.9 Å². The predicted molar refractivity (Wildman–Crippen MR) is 145 cm³/mol. The van der Waals surface area contributed by atoms with Crippen LogP contribution in [0.15, 0.2) is 40.6 Å². The molecule has 1 aromatic heterocycles. The Labute approximate surface area is 236 Å². The van der Waals surface area contributed by atoms with Gasteiger partial charge in [-0.2, -0.15) is 0 Å². The van der Waals surface area contributed by atoms with E-state index in [-0.39, 0.29) is 79.5 Å². The summed E-state index contributed by atoms with van der Waals surface area (Å²) in [5, 5.41) is 14.6. The summed E-state index contributed by atoms with van der Waals surface area (Å²) < 4.78 is 69.2. The largest absolute Gasteiger partial charge is 0.494 e. The molecule has 3 atom stereocenters. The van der Waals surface area contributed by atoms with Gasteiger partial charge in [0, 0.05) is 28.3 Å². The fourth-order valence-corrected chi connectivity index (χ4v) is 6.31. The van der Waals surface area contributed by atoms with Crippen LogP contribution in [-0.4, -0.2) is 53.7 Å². The van der Waals surface area contributed by atoms with Gasteiger partial charge in [-0.25, -0.2) is 0 Å². The minimum atomic E-state index is -9.76. The Balaban J connectivity index is 1.20. The highest BCUT2D eigenvalue weighted by atomic mass is 32.5. The SMILES string of the molecule is C[C@@]12C[C@@H]1N(C(=O)CNC(=O)CCCOc1ccc(S(F)(F)(F)(F)F)cc1)[C@H](C(=O)NCc1cc(C(=N)N)cs1)C2. The normalized spacial score (nSPS) is 23.1. The smallest absolute Gasteiger partial charge is 0.310 e. The minimum Gasteiger partial charge on any atom is -0.494 e. The molecule has 1 aliphatic carbocycles. The van der Waals surface area contributed by atoms with Crippen molar-refractivity contribution in [1.29, 1.82) is 5.41 Å². The van der Waals surface area contributed by atoms with Gasteiger partial charge in [0.15, 0.2) is 0 Å². The summed E-state index contributed by atoms with van der Waals surface area (Å²) in [6.07, 6.45) is 1.38. The molecule has 3 amide bonds. The maximum atomic E-state index is 13.0. The standard InChI is InChI=1S/C25H30F5N5O4S2/c1-25-10-19(24(38)34-12-17-9-15(14-40-17)23(31)32)35(20(25)11-25)22(37)13-33-21(36)3-2-8-39-16-4-6-18(7-5-16)41(26,27,28,29)30/h4-7,9,14,19-20H,2-3,8,10-13H2,1H3,(H3,31,32)(H,33,36)(H,34,38)/t19-,20-,25+/m0/s1. The lowest BCUT2D eigenvalue weighted by molar-refractivity contribution is -0.140. The number of rotatable bonds is 12. The maximum absolute atomic E-state index is 13.0. The van der Waals surface area contributed by atoms with E-state index in [9.17, 15) is 33.8 Å². The molecule has 1 saturated carbocycles. The van der Waals surface area contributed by atoms with E-state index in [4.69, 9.17) is 15.9 Å². The third kappa shape index (κ3) is 7.47. The molecule has 4 rings (SSSR count). The summed E-state index contributed by atoms with van der Waals surface area (Å²) in [4.78, 5) is 38.5. The maximum Gasteiger partial charge on any atom is 0.310 e. The van der Waals surface area contributed by atoms with Crippen molar-refractivity contribution in [3.63, 3.8) is 0 Å². The van der Waals surface area contributed by atoms with Gasteiger partial charge in [-0.05, 0) is 55.0 Å². The minimum absolute atomic E-state index is 0.0506. The van der Waals surface area contributed by atoms with Crippen LogP contribution in [0, 0.1) is 10.8 Å². The number of fused-ring (bicyclic) bond motifs is 1. The van der Waals surface area contributed by atoms with E-state index in [1.165, 1.54) is 16.2 Å². The van der Waals surface area contributed by atoms with Crippen molar-refractivity contribution in [3.8, 4) is 5.75 Å². The number of amides is 3. The number of hydrogen-bond acceptors (Lipinski definition) is 6. The Hall–Kier alpha value is -3.40. The third-order valence-electron chi connectivity index (χ3n) is 7.15. The fourth-order valence-electron chi connectivity index (χ4n) is 4.84. The van der Waals surface area contributed by atoms with Crippen molar-refractivity contribution in [3.05, 3.63) is 46.2 Å². The zero-order valence-electron chi connectivity index (χ0n) is 21.9. The summed E-state index contributed by atoms with van der Waals surface area (Å²) in [5.74, 6) is -1.28. The van der Waals surface area contributed by atoms with Crippen molar-refractivity contribution in [2.24, 2.45) is 11.1 Å². The van der Waals surface area contributed by atoms with E-state index >= 15 is 0 Å². The average molecular weight is 624 g/mol. The van der Waals surface area contributed by atoms with Crippen molar-refractivity contribution in [1.82, 2.24) is 15.5 Å². The highest BCUT2D eigenvalue weighted by Gasteiger charge is 2.65. The van der Waals surface area contributed by atoms with Crippen LogP contribution in [0.5, 0.6) is 5.75 Å². The summed E-state index contributed by atoms with van der Waals surface area (Å²) in [6, 6.07) is 3.02. The van der Waals surface area contributed by atoms with E-state index in [1.807, 2.05) is 6.92 Å². The molecule has 2 fully saturated rings. The molecule has 16 heteroatoms. The number of nitrogens with two attached hydrogens (primary N) is 1. The molecule has 0 radical (unpaired) electrons. The van der Waals surface area contributed by atoms with Gasteiger partial charge in [-0.1, -0.05) is 26.4 Å². The number of piperidine rings is 1. The summed E-state index contributed by atoms with van der Waals surface area (Å²) in [7, 11) is -9.76. The number of likely N-dealkylation sites (tertiary alicyclic amines) is 1. The number of nitrogen functional groups attached to an aromatic ring is 1. The van der Waals surface area contributed by atoms with Crippen LogP contribution >= 0.6 is 21.6 Å². The van der Waals surface area contributed by atoms with Crippen LogP contribution in [0.3, 0.4) is 0 Å². The molecule has 0 spiro atoms. The number of thiophene rings is 1. The van der Waals surface area contributed by atoms with Gasteiger partial charge in [0.1, 0.15) is 22.5 Å². The molecule has 2 aliphatic rings. The molecule has 226 valence electrons. The van der Waals surface area contributed by atoms with E-state index in [1.54, 1.807) is 11.4 Å². The fraction of sp³-hybridized carbons (Fsp3) is 0.440. The van der Waals surface area contributed by atoms with E-state index < -0.39 is 27.1 Å². The Bertz CT molecular complexity index is 1370. The number of hydrogen-bond donors (Lipinski definition) is 4. The van der Waals surface area contributed by atoms with E-state index in [2.05, 4.69) is 10.6 Å². The second-order valence-electron chi connectivity index (χ2n) is 10.5. The molecule has 2 aromatic rings. The zero-order chi connectivity index (χ0) is 30.3. The van der Waals surface area contributed by atoms with Crippen LogP contribution in [0.2, 0.25) is 0 Å². The molecule has 0 unspecified atom stereocenters. The summed E-state index contributed by atoms with van der Waals surface area (Å²) in [6.45, 7) is 1.87. The number of halogens is 5. The number of ether oxygens (including phenoxy) is 1. The predicted octanol–water partition coefficient (Wildman–Crippen LogP) is 4.66. The van der Waals surface area contributed by atoms with Gasteiger partial charge < -0.3 is 26.0 Å². The van der Waals surface area contributed by atoms with Gasteiger partial charge in [0.05, 0.1) is 19.7 Å². The Kier molecular flexibility index (Phi) is 7.56. The number of carbonyl (C=O) groups excluding carboxylic acids is 3. The topological polar surface area (TPSA) is 138 Å². The molecule has 2 heterocycles. The van der Waals surface area contributed by atoms with Gasteiger partial charge in [-0.15, -0.1) is 11.3 Å². The zero-order valence-corrected chi connectivity index (χ0v) is 23.6. The first-order chi connectivity index (χ1) is 18.9. The average Bonchev–Trinajstić information content (AvgIpc) is 3.20. The number of nitrogens with one attached hydrogen (secondary N) is 3. The lowest BCUT2D eigenvalue weighted by atomic mass is 10.0. The van der Waals surface area contributed by atoms with Gasteiger partial charge >= 0.3 is 10.2 Å². The molecule has 1 aliphatic heterocycles. The molecule has 1 aromatic carbocycles. The molecule has 1 saturated heterocycles. The number of amidine groups is 1. The van der Waals surface area contributed by atoms with Crippen molar-refractivity contribution in [2.75, 3.05) is 13.2 Å². The van der Waals surface area contributed by atoms with Crippen molar-refractivity contribution >= 4 is 45.1 Å². The van der Waals surface area contributed by atoms with Crippen molar-refractivity contribution in [2.45, 2.75) is 56.1 Å². The Morgan fingerprint density at radius 3 is 2.44 bits per heavy atom. The first-order valence-electron chi connectivity index (χ1n) is 12.6. The Morgan fingerprint density at radius 2 is 1.83 bits per heavy atom. The van der Waals surface area contributed by atoms with Crippen LogP contribution in [0.1, 0.15) is 43.0 Å². The first-order valence-corrected chi connectivity index (χ1v) is 15.4. The molecular weight excluding hydrogens is 593 g/mol. The Morgan fingerprint density at radius 1 is 1.15 bits per heavy atom. The summed E-state index contributed by atoms with van der Waals surface area (Å²) >= 11 is 1.36. The first kappa shape index (κ1) is 30.6. The third-order valence-corrected chi connectivity index (χ3v) is 9.25. The second-order valence-corrected chi connectivity index (χ2v) is 13.9. The van der Waals surface area contributed by atoms with Gasteiger partial charge in [-0.3, -0.25) is 19.8 Å². The molecular formula is C25H30F5N5O4S2. The highest BCUT2D eigenvalue weighted by molar-refractivity contribution is 8.45. The van der Waals surface area contributed by atoms with Gasteiger partial charge in [0.2, 0.25) is 17.7 Å².